The Kier molecular flexibility index (Phi) is 5.52. The van der Waals surface area contributed by atoms with Gasteiger partial charge < -0.3 is 10.6 Å². The summed E-state index contributed by atoms with van der Waals surface area (Å²) in [5.41, 5.74) is 2.98. The highest BCUT2D eigenvalue weighted by molar-refractivity contribution is 5.96. The first-order chi connectivity index (χ1) is 10.2. The van der Waals surface area contributed by atoms with Gasteiger partial charge in [0.1, 0.15) is 0 Å². The van der Waals surface area contributed by atoms with Gasteiger partial charge in [-0.1, -0.05) is 55.5 Å². The molecule has 1 amide bonds. The van der Waals surface area contributed by atoms with Gasteiger partial charge in [0.15, 0.2) is 0 Å². The van der Waals surface area contributed by atoms with Gasteiger partial charge in [-0.3, -0.25) is 4.79 Å². The predicted molar refractivity (Wildman–Crippen MR) is 88.3 cm³/mol. The molecule has 1 unspecified atom stereocenters. The van der Waals surface area contributed by atoms with Crippen molar-refractivity contribution in [2.45, 2.75) is 26.3 Å². The molecule has 2 aromatic rings. The van der Waals surface area contributed by atoms with Crippen molar-refractivity contribution in [2.24, 2.45) is 0 Å². The van der Waals surface area contributed by atoms with Crippen molar-refractivity contribution >= 4 is 11.6 Å². The molecule has 3 heteroatoms. The number of nitrogens with one attached hydrogen (secondary N) is 2. The van der Waals surface area contributed by atoms with E-state index < -0.39 is 0 Å². The van der Waals surface area contributed by atoms with Crippen LogP contribution in [0.3, 0.4) is 0 Å². The molecule has 0 heterocycles. The maximum absolute atomic E-state index is 12.0. The van der Waals surface area contributed by atoms with Gasteiger partial charge in [-0.25, -0.2) is 0 Å². The van der Waals surface area contributed by atoms with Crippen LogP contribution in [0.2, 0.25) is 0 Å². The first-order valence-corrected chi connectivity index (χ1v) is 7.38. The van der Waals surface area contributed by atoms with Gasteiger partial charge in [-0.05, 0) is 25.0 Å². The number of rotatable bonds is 6. The fourth-order valence-corrected chi connectivity index (χ4v) is 2.07. The van der Waals surface area contributed by atoms with E-state index in [4.69, 9.17) is 0 Å². The minimum absolute atomic E-state index is 0.0151. The van der Waals surface area contributed by atoms with E-state index in [2.05, 4.69) is 24.5 Å². The molecule has 110 valence electrons. The molecule has 0 spiro atoms. The van der Waals surface area contributed by atoms with Crippen LogP contribution in [-0.2, 0) is 4.79 Å². The first kappa shape index (κ1) is 15.3. The van der Waals surface area contributed by atoms with E-state index in [0.717, 1.165) is 23.2 Å². The molecular weight excluding hydrogens is 260 g/mol. The lowest BCUT2D eigenvalue weighted by molar-refractivity contribution is -0.115. The number of carbonyl (C=O) groups excluding carboxylic acids is 1. The molecule has 3 nitrogen and oxygen atoms in total. The molecule has 1 atom stereocenters. The zero-order valence-corrected chi connectivity index (χ0v) is 12.6. The van der Waals surface area contributed by atoms with Crippen molar-refractivity contribution in [2.75, 3.05) is 11.9 Å². The average molecular weight is 282 g/mol. The number of hydrogen-bond acceptors (Lipinski definition) is 2. The van der Waals surface area contributed by atoms with E-state index in [-0.39, 0.29) is 5.91 Å². The van der Waals surface area contributed by atoms with E-state index in [0.29, 0.717) is 12.6 Å². The first-order valence-electron chi connectivity index (χ1n) is 7.38. The topological polar surface area (TPSA) is 41.1 Å². The van der Waals surface area contributed by atoms with Crippen molar-refractivity contribution in [1.29, 1.82) is 0 Å². The van der Waals surface area contributed by atoms with Crippen molar-refractivity contribution in [3.63, 3.8) is 0 Å². The number of amides is 1. The molecule has 0 saturated carbocycles. The minimum Gasteiger partial charge on any atom is -0.324 e. The van der Waals surface area contributed by atoms with Crippen molar-refractivity contribution in [3.8, 4) is 11.1 Å². The molecule has 0 bridgehead atoms. The summed E-state index contributed by atoms with van der Waals surface area (Å²) in [6.07, 6.45) is 1.01. The Bertz CT molecular complexity index is 581. The Balaban J connectivity index is 2.09. The van der Waals surface area contributed by atoms with Crippen LogP contribution in [0.25, 0.3) is 11.1 Å². The molecule has 2 aromatic carbocycles. The maximum atomic E-state index is 12.0. The van der Waals surface area contributed by atoms with Gasteiger partial charge in [-0.2, -0.15) is 0 Å². The normalized spacial score (nSPS) is 11.9. The molecule has 0 fully saturated rings. The smallest absolute Gasteiger partial charge is 0.238 e. The summed E-state index contributed by atoms with van der Waals surface area (Å²) in [6.45, 7) is 4.50. The van der Waals surface area contributed by atoms with Crippen LogP contribution in [0.5, 0.6) is 0 Å². The molecule has 0 aliphatic carbocycles. The Morgan fingerprint density at radius 2 is 1.71 bits per heavy atom. The van der Waals surface area contributed by atoms with Crippen LogP contribution in [0.1, 0.15) is 20.3 Å². The molecule has 0 saturated heterocycles. The molecule has 0 radical (unpaired) electrons. The number of benzene rings is 2. The molecular formula is C18H22N2O. The van der Waals surface area contributed by atoms with Crippen LogP contribution in [0.4, 0.5) is 5.69 Å². The average Bonchev–Trinajstić information content (AvgIpc) is 2.54. The van der Waals surface area contributed by atoms with Gasteiger partial charge in [0.25, 0.3) is 0 Å². The molecule has 0 aliphatic rings. The Hall–Kier alpha value is -2.13. The largest absolute Gasteiger partial charge is 0.324 e. The van der Waals surface area contributed by atoms with Gasteiger partial charge in [0.2, 0.25) is 5.91 Å². The summed E-state index contributed by atoms with van der Waals surface area (Å²) in [7, 11) is 0. The van der Waals surface area contributed by atoms with E-state index in [1.807, 2.05) is 54.6 Å². The van der Waals surface area contributed by atoms with Crippen LogP contribution in [-0.4, -0.2) is 18.5 Å². The second kappa shape index (κ2) is 7.60. The number of hydrogen-bond donors (Lipinski definition) is 2. The second-order valence-electron chi connectivity index (χ2n) is 5.15. The lowest BCUT2D eigenvalue weighted by atomic mass is 10.0. The Morgan fingerprint density at radius 1 is 1.05 bits per heavy atom. The standard InChI is InChI=1S/C18H22N2O/c1-3-14(2)19-13-18(21)20-17-12-8-7-11-16(17)15-9-5-4-6-10-15/h4-12,14,19H,3,13H2,1-2H3,(H,20,21). The monoisotopic (exact) mass is 282 g/mol. The molecule has 2 N–H and O–H groups in total. The Labute approximate surface area is 126 Å². The zero-order valence-electron chi connectivity index (χ0n) is 12.6. The molecule has 0 aromatic heterocycles. The van der Waals surface area contributed by atoms with Gasteiger partial charge in [-0.15, -0.1) is 0 Å². The summed E-state index contributed by atoms with van der Waals surface area (Å²) < 4.78 is 0. The minimum atomic E-state index is -0.0151. The van der Waals surface area contributed by atoms with E-state index in [9.17, 15) is 4.79 Å². The molecule has 21 heavy (non-hydrogen) atoms. The van der Waals surface area contributed by atoms with E-state index >= 15 is 0 Å². The highest BCUT2D eigenvalue weighted by Crippen LogP contribution is 2.27. The number of carbonyl (C=O) groups is 1. The quantitative estimate of drug-likeness (QED) is 0.848. The van der Waals surface area contributed by atoms with Crippen molar-refractivity contribution < 1.29 is 4.79 Å². The zero-order chi connectivity index (χ0) is 15.1. The third-order valence-corrected chi connectivity index (χ3v) is 3.51. The van der Waals surface area contributed by atoms with E-state index in [1.165, 1.54) is 0 Å². The molecule has 2 rings (SSSR count). The summed E-state index contributed by atoms with van der Waals surface area (Å²) >= 11 is 0. The van der Waals surface area contributed by atoms with Crippen LogP contribution >= 0.6 is 0 Å². The third kappa shape index (κ3) is 4.43. The SMILES string of the molecule is CCC(C)NCC(=O)Nc1ccccc1-c1ccccc1. The second-order valence-corrected chi connectivity index (χ2v) is 5.15. The van der Waals surface area contributed by atoms with Crippen molar-refractivity contribution in [1.82, 2.24) is 5.32 Å². The fourth-order valence-electron chi connectivity index (χ4n) is 2.07. The summed E-state index contributed by atoms with van der Waals surface area (Å²) in [4.78, 5) is 12.0. The number of anilines is 1. The third-order valence-electron chi connectivity index (χ3n) is 3.51. The summed E-state index contributed by atoms with van der Waals surface area (Å²) in [5.74, 6) is -0.0151. The van der Waals surface area contributed by atoms with Crippen LogP contribution < -0.4 is 10.6 Å². The van der Waals surface area contributed by atoms with Crippen LogP contribution in [0.15, 0.2) is 54.6 Å². The predicted octanol–water partition coefficient (Wildman–Crippen LogP) is 3.68. The summed E-state index contributed by atoms with van der Waals surface area (Å²) in [5, 5.41) is 6.19. The highest BCUT2D eigenvalue weighted by atomic mass is 16.1. The molecule has 0 aliphatic heterocycles. The Morgan fingerprint density at radius 3 is 2.43 bits per heavy atom. The van der Waals surface area contributed by atoms with Gasteiger partial charge in [0.05, 0.1) is 6.54 Å². The van der Waals surface area contributed by atoms with Crippen molar-refractivity contribution in [3.05, 3.63) is 54.6 Å². The van der Waals surface area contributed by atoms with Crippen LogP contribution in [0, 0.1) is 0 Å². The fraction of sp³-hybridized carbons (Fsp3) is 0.278. The highest BCUT2D eigenvalue weighted by Gasteiger charge is 2.08. The lowest BCUT2D eigenvalue weighted by Crippen LogP contribution is -2.34. The van der Waals surface area contributed by atoms with E-state index in [1.54, 1.807) is 0 Å². The summed E-state index contributed by atoms with van der Waals surface area (Å²) in [6, 6.07) is 18.3. The van der Waals surface area contributed by atoms with Gasteiger partial charge in [0, 0.05) is 17.3 Å². The maximum Gasteiger partial charge on any atom is 0.238 e. The van der Waals surface area contributed by atoms with Gasteiger partial charge >= 0.3 is 0 Å². The lowest BCUT2D eigenvalue weighted by Gasteiger charge is -2.13. The number of para-hydroxylation sites is 1.